The van der Waals surface area contributed by atoms with Gasteiger partial charge in [-0.25, -0.2) is 0 Å². The summed E-state index contributed by atoms with van der Waals surface area (Å²) in [5.41, 5.74) is 0. The molecule has 20 heavy (non-hydrogen) atoms. The Morgan fingerprint density at radius 1 is 1.60 bits per heavy atom. The maximum absolute atomic E-state index is 5.26. The van der Waals surface area contributed by atoms with Gasteiger partial charge in [-0.3, -0.25) is 4.99 Å². The van der Waals surface area contributed by atoms with Gasteiger partial charge in [0.2, 0.25) is 0 Å². The Labute approximate surface area is 125 Å². The lowest BCUT2D eigenvalue weighted by atomic mass is 10.1. The van der Waals surface area contributed by atoms with Crippen LogP contribution in [0, 0.1) is 5.92 Å². The van der Waals surface area contributed by atoms with E-state index in [1.54, 1.807) is 7.11 Å². The highest BCUT2D eigenvalue weighted by Gasteiger charge is 2.24. The van der Waals surface area contributed by atoms with Crippen molar-refractivity contribution in [1.82, 2.24) is 10.2 Å². The number of methoxy groups -OCH3 is 1. The zero-order chi connectivity index (χ0) is 14.2. The Balaban J connectivity index is 1.86. The van der Waals surface area contributed by atoms with E-state index in [2.05, 4.69) is 34.7 Å². The Bertz CT molecular complexity index is 405. The fraction of sp³-hybridized carbons (Fsp3) is 0.667. The summed E-state index contributed by atoms with van der Waals surface area (Å²) >= 11 is 1.81. The Kier molecular flexibility index (Phi) is 6.33. The minimum Gasteiger partial charge on any atom is -0.384 e. The van der Waals surface area contributed by atoms with Gasteiger partial charge in [-0.2, -0.15) is 0 Å². The van der Waals surface area contributed by atoms with Crippen molar-refractivity contribution in [3.63, 3.8) is 0 Å². The predicted molar refractivity (Wildman–Crippen MR) is 85.6 cm³/mol. The molecule has 112 valence electrons. The summed E-state index contributed by atoms with van der Waals surface area (Å²) in [6, 6.07) is 4.28. The van der Waals surface area contributed by atoms with E-state index >= 15 is 0 Å². The molecule has 1 atom stereocenters. The Morgan fingerprint density at radius 2 is 2.50 bits per heavy atom. The van der Waals surface area contributed by atoms with Crippen LogP contribution in [0.3, 0.4) is 0 Å². The van der Waals surface area contributed by atoms with Crippen LogP contribution in [0.1, 0.15) is 18.2 Å². The number of ether oxygens (including phenoxy) is 1. The third-order valence-corrected chi connectivity index (χ3v) is 4.46. The molecule has 1 fully saturated rings. The summed E-state index contributed by atoms with van der Waals surface area (Å²) in [6.45, 7) is 6.89. The first-order valence-electron chi connectivity index (χ1n) is 7.38. The van der Waals surface area contributed by atoms with Crippen LogP contribution in [-0.4, -0.2) is 50.8 Å². The zero-order valence-corrected chi connectivity index (χ0v) is 13.3. The van der Waals surface area contributed by atoms with E-state index in [4.69, 9.17) is 9.73 Å². The van der Waals surface area contributed by atoms with Crippen molar-refractivity contribution in [2.45, 2.75) is 19.8 Å². The van der Waals surface area contributed by atoms with Gasteiger partial charge in [0.05, 0.1) is 6.61 Å². The first-order chi connectivity index (χ1) is 9.83. The molecule has 1 aromatic rings. The summed E-state index contributed by atoms with van der Waals surface area (Å²) in [4.78, 5) is 8.53. The highest BCUT2D eigenvalue weighted by atomic mass is 32.1. The molecule has 0 aromatic carbocycles. The van der Waals surface area contributed by atoms with Crippen molar-refractivity contribution in [2.75, 3.05) is 39.9 Å². The second kappa shape index (κ2) is 8.27. The third-order valence-electron chi connectivity index (χ3n) is 3.52. The van der Waals surface area contributed by atoms with E-state index in [1.807, 2.05) is 11.3 Å². The fourth-order valence-corrected chi connectivity index (χ4v) is 3.25. The van der Waals surface area contributed by atoms with Crippen LogP contribution in [0.15, 0.2) is 22.5 Å². The van der Waals surface area contributed by atoms with E-state index in [-0.39, 0.29) is 0 Å². The monoisotopic (exact) mass is 295 g/mol. The zero-order valence-electron chi connectivity index (χ0n) is 12.5. The molecule has 2 rings (SSSR count). The molecule has 2 heterocycles. The number of hydrogen-bond acceptors (Lipinski definition) is 3. The van der Waals surface area contributed by atoms with E-state index in [1.165, 1.54) is 11.3 Å². The smallest absolute Gasteiger partial charge is 0.193 e. The lowest BCUT2D eigenvalue weighted by Gasteiger charge is -2.21. The van der Waals surface area contributed by atoms with Crippen LogP contribution in [0.4, 0.5) is 0 Å². The van der Waals surface area contributed by atoms with Gasteiger partial charge < -0.3 is 15.0 Å². The molecule has 0 bridgehead atoms. The van der Waals surface area contributed by atoms with Crippen LogP contribution in [0.2, 0.25) is 0 Å². The van der Waals surface area contributed by atoms with Crippen molar-refractivity contribution < 1.29 is 4.74 Å². The molecular weight excluding hydrogens is 270 g/mol. The molecule has 1 aromatic heterocycles. The van der Waals surface area contributed by atoms with Gasteiger partial charge in [-0.1, -0.05) is 6.07 Å². The van der Waals surface area contributed by atoms with Crippen molar-refractivity contribution in [3.8, 4) is 0 Å². The van der Waals surface area contributed by atoms with Crippen molar-refractivity contribution in [1.29, 1.82) is 0 Å². The van der Waals surface area contributed by atoms with E-state index in [0.29, 0.717) is 5.92 Å². The van der Waals surface area contributed by atoms with Crippen LogP contribution >= 0.6 is 11.3 Å². The second-order valence-electron chi connectivity index (χ2n) is 5.12. The highest BCUT2D eigenvalue weighted by Crippen LogP contribution is 2.16. The van der Waals surface area contributed by atoms with E-state index in [9.17, 15) is 0 Å². The second-order valence-corrected chi connectivity index (χ2v) is 6.15. The normalized spacial score (nSPS) is 19.6. The number of aliphatic imine (C=N–C) groups is 1. The lowest BCUT2D eigenvalue weighted by molar-refractivity contribution is 0.157. The van der Waals surface area contributed by atoms with Crippen molar-refractivity contribution in [2.24, 2.45) is 10.9 Å². The SMILES string of the molecule is CCNC(=NCCc1cccs1)N1CCC(COC)C1. The van der Waals surface area contributed by atoms with Crippen molar-refractivity contribution in [3.05, 3.63) is 22.4 Å². The van der Waals surface area contributed by atoms with Crippen LogP contribution in [0.25, 0.3) is 0 Å². The average molecular weight is 295 g/mol. The summed E-state index contributed by atoms with van der Waals surface area (Å²) < 4.78 is 5.26. The molecule has 0 amide bonds. The molecule has 0 aliphatic carbocycles. The third kappa shape index (κ3) is 4.49. The number of nitrogens with zero attached hydrogens (tertiary/aromatic N) is 2. The minimum atomic E-state index is 0.640. The molecule has 1 N–H and O–H groups in total. The fourth-order valence-electron chi connectivity index (χ4n) is 2.55. The molecule has 1 unspecified atom stereocenters. The predicted octanol–water partition coefficient (Wildman–Crippen LogP) is 2.22. The Morgan fingerprint density at radius 3 is 3.20 bits per heavy atom. The highest BCUT2D eigenvalue weighted by molar-refractivity contribution is 7.09. The Hall–Kier alpha value is -1.07. The summed E-state index contributed by atoms with van der Waals surface area (Å²) in [5.74, 6) is 1.70. The van der Waals surface area contributed by atoms with E-state index < -0.39 is 0 Å². The number of guanidine groups is 1. The number of nitrogens with one attached hydrogen (secondary N) is 1. The van der Waals surface area contributed by atoms with Gasteiger partial charge >= 0.3 is 0 Å². The quantitative estimate of drug-likeness (QED) is 0.646. The first kappa shape index (κ1) is 15.3. The van der Waals surface area contributed by atoms with Gasteiger partial charge in [0.15, 0.2) is 5.96 Å². The first-order valence-corrected chi connectivity index (χ1v) is 8.26. The number of likely N-dealkylation sites (tertiary alicyclic amines) is 1. The number of hydrogen-bond donors (Lipinski definition) is 1. The molecule has 0 spiro atoms. The van der Waals surface area contributed by atoms with Crippen LogP contribution in [-0.2, 0) is 11.2 Å². The van der Waals surface area contributed by atoms with Gasteiger partial charge in [0, 0.05) is 50.5 Å². The van der Waals surface area contributed by atoms with Crippen LogP contribution in [0.5, 0.6) is 0 Å². The van der Waals surface area contributed by atoms with Gasteiger partial charge in [-0.05, 0) is 24.8 Å². The largest absolute Gasteiger partial charge is 0.384 e. The molecular formula is C15H25N3OS. The number of thiophene rings is 1. The average Bonchev–Trinajstić information content (AvgIpc) is 3.09. The summed E-state index contributed by atoms with van der Waals surface area (Å²) in [7, 11) is 1.78. The molecule has 5 heteroatoms. The molecule has 4 nitrogen and oxygen atoms in total. The lowest BCUT2D eigenvalue weighted by Crippen LogP contribution is -2.40. The van der Waals surface area contributed by atoms with E-state index in [0.717, 1.165) is 45.2 Å². The molecule has 1 saturated heterocycles. The molecule has 0 saturated carbocycles. The maximum Gasteiger partial charge on any atom is 0.193 e. The standard InChI is InChI=1S/C15H25N3OS/c1-3-16-15(17-8-6-14-5-4-10-20-14)18-9-7-13(11-18)12-19-2/h4-5,10,13H,3,6-9,11-12H2,1-2H3,(H,16,17). The molecule has 1 aliphatic rings. The van der Waals surface area contributed by atoms with Gasteiger partial charge in [0.25, 0.3) is 0 Å². The number of rotatable bonds is 6. The van der Waals surface area contributed by atoms with Gasteiger partial charge in [-0.15, -0.1) is 11.3 Å². The van der Waals surface area contributed by atoms with Crippen LogP contribution < -0.4 is 5.32 Å². The minimum absolute atomic E-state index is 0.640. The maximum atomic E-state index is 5.26. The summed E-state index contributed by atoms with van der Waals surface area (Å²) in [6.07, 6.45) is 2.23. The summed E-state index contributed by atoms with van der Waals surface area (Å²) in [5, 5.41) is 5.53. The topological polar surface area (TPSA) is 36.9 Å². The molecule has 0 radical (unpaired) electrons. The molecule has 1 aliphatic heterocycles. The van der Waals surface area contributed by atoms with Crippen molar-refractivity contribution >= 4 is 17.3 Å². The van der Waals surface area contributed by atoms with Gasteiger partial charge in [0.1, 0.15) is 0 Å².